The van der Waals surface area contributed by atoms with E-state index in [1.165, 1.54) is 132 Å². The molecule has 1 fully saturated rings. The number of nitrogens with zero attached hydrogens (tertiary/aromatic N) is 4. The molecule has 1 saturated carbocycles. The normalized spacial score (nSPS) is 17.2. The Morgan fingerprint density at radius 1 is 0.685 bits per heavy atom. The number of aromatic nitrogens is 4. The Kier molecular flexibility index (Phi) is 14.9. The SMILES string of the molecule is CCCCCCCCC1(CCCCCCC2CCCCC2)c2ccccc2-c2c[c-]c(-c3ccc(-c4nc(C(C)(C)C)nc(C(C)(C)C)n4)cn3)cc21.[Ir]. The molecule has 6 rings (SSSR count). The Bertz CT molecular complexity index is 1740. The predicted octanol–water partition coefficient (Wildman–Crippen LogP) is 13.9. The van der Waals surface area contributed by atoms with E-state index in [4.69, 9.17) is 19.9 Å². The molecule has 0 amide bonds. The quantitative estimate of drug-likeness (QED) is 0.0830. The van der Waals surface area contributed by atoms with Crippen molar-refractivity contribution in [3.05, 3.63) is 83.6 Å². The van der Waals surface area contributed by atoms with Crippen molar-refractivity contribution in [1.29, 1.82) is 0 Å². The fourth-order valence-corrected chi connectivity index (χ4v) is 8.96. The summed E-state index contributed by atoms with van der Waals surface area (Å²) in [6.07, 6.45) is 26.5. The van der Waals surface area contributed by atoms with Crippen LogP contribution in [-0.4, -0.2) is 19.9 Å². The molecule has 0 saturated heterocycles. The molecule has 0 aliphatic heterocycles. The van der Waals surface area contributed by atoms with Gasteiger partial charge in [-0.15, -0.1) is 29.3 Å². The van der Waals surface area contributed by atoms with Crippen molar-refractivity contribution in [3.8, 4) is 33.8 Å². The summed E-state index contributed by atoms with van der Waals surface area (Å²) >= 11 is 0. The van der Waals surface area contributed by atoms with Crippen LogP contribution in [0.4, 0.5) is 0 Å². The number of hydrogen-bond acceptors (Lipinski definition) is 4. The molecule has 4 aromatic rings. The third kappa shape index (κ3) is 10.2. The molecule has 0 spiro atoms. The summed E-state index contributed by atoms with van der Waals surface area (Å²) in [5, 5.41) is 0. The zero-order valence-electron chi connectivity index (χ0n) is 34.6. The largest absolute Gasteiger partial charge is 0.304 e. The van der Waals surface area contributed by atoms with Crippen LogP contribution < -0.4 is 0 Å². The molecule has 2 aliphatic carbocycles. The summed E-state index contributed by atoms with van der Waals surface area (Å²) in [6, 6.07) is 22.0. The van der Waals surface area contributed by atoms with Gasteiger partial charge in [-0.2, -0.15) is 0 Å². The van der Waals surface area contributed by atoms with Crippen LogP contribution in [0.3, 0.4) is 0 Å². The van der Waals surface area contributed by atoms with Gasteiger partial charge in [0, 0.05) is 48.1 Å². The number of pyridine rings is 1. The van der Waals surface area contributed by atoms with E-state index in [1.54, 1.807) is 5.56 Å². The van der Waals surface area contributed by atoms with Crippen LogP contribution in [0.2, 0.25) is 0 Å². The molecule has 2 aromatic carbocycles. The zero-order chi connectivity index (χ0) is 37.5. The molecular formula is C49H67IrN4-. The molecule has 0 N–H and O–H groups in total. The number of rotatable bonds is 16. The van der Waals surface area contributed by atoms with Gasteiger partial charge in [0.05, 0.1) is 0 Å². The van der Waals surface area contributed by atoms with Gasteiger partial charge in [-0.25, -0.2) is 15.0 Å². The molecule has 1 unspecified atom stereocenters. The van der Waals surface area contributed by atoms with E-state index in [0.29, 0.717) is 5.82 Å². The minimum absolute atomic E-state index is 0. The smallest absolute Gasteiger partial charge is 0.164 e. The molecule has 2 aliphatic rings. The van der Waals surface area contributed by atoms with Gasteiger partial charge >= 0.3 is 0 Å². The predicted molar refractivity (Wildman–Crippen MR) is 223 cm³/mol. The summed E-state index contributed by atoms with van der Waals surface area (Å²) in [4.78, 5) is 19.8. The molecular weight excluding hydrogens is 837 g/mol. The Morgan fingerprint density at radius 3 is 1.94 bits per heavy atom. The van der Waals surface area contributed by atoms with Crippen molar-refractivity contribution in [2.75, 3.05) is 0 Å². The van der Waals surface area contributed by atoms with E-state index in [0.717, 1.165) is 34.4 Å². The average Bonchev–Trinajstić information content (AvgIpc) is 3.43. The van der Waals surface area contributed by atoms with Gasteiger partial charge in [0.25, 0.3) is 0 Å². The Hall–Kier alpha value is -2.75. The number of fused-ring (bicyclic) bond motifs is 3. The number of benzene rings is 2. The van der Waals surface area contributed by atoms with E-state index in [-0.39, 0.29) is 36.4 Å². The van der Waals surface area contributed by atoms with Gasteiger partial charge in [0.2, 0.25) is 0 Å². The van der Waals surface area contributed by atoms with Gasteiger partial charge in [-0.05, 0) is 30.0 Å². The van der Waals surface area contributed by atoms with Crippen LogP contribution in [0.15, 0.2) is 54.7 Å². The van der Waals surface area contributed by atoms with Crippen molar-refractivity contribution >= 4 is 0 Å². The molecule has 1 atom stereocenters. The maximum absolute atomic E-state index is 5.04. The first-order chi connectivity index (χ1) is 25.5. The third-order valence-corrected chi connectivity index (χ3v) is 12.1. The molecule has 0 bridgehead atoms. The summed E-state index contributed by atoms with van der Waals surface area (Å²) in [5.41, 5.74) is 8.44. The van der Waals surface area contributed by atoms with E-state index in [9.17, 15) is 0 Å². The van der Waals surface area contributed by atoms with E-state index < -0.39 is 0 Å². The first kappa shape index (κ1) is 42.4. The zero-order valence-corrected chi connectivity index (χ0v) is 37.0. The second-order valence-corrected chi connectivity index (χ2v) is 18.5. The first-order valence-corrected chi connectivity index (χ1v) is 21.4. The summed E-state index contributed by atoms with van der Waals surface area (Å²) in [6.45, 7) is 15.3. The maximum atomic E-state index is 5.04. The summed E-state index contributed by atoms with van der Waals surface area (Å²) in [7, 11) is 0. The number of unbranched alkanes of at least 4 members (excludes halogenated alkanes) is 8. The third-order valence-electron chi connectivity index (χ3n) is 12.1. The van der Waals surface area contributed by atoms with Crippen LogP contribution in [-0.2, 0) is 36.4 Å². The summed E-state index contributed by atoms with van der Waals surface area (Å²) < 4.78 is 0. The fourth-order valence-electron chi connectivity index (χ4n) is 8.96. The molecule has 2 aromatic heterocycles. The Balaban J connectivity index is 0.00000561. The van der Waals surface area contributed by atoms with Gasteiger partial charge in [0.1, 0.15) is 11.6 Å². The maximum Gasteiger partial charge on any atom is 0.164 e. The second-order valence-electron chi connectivity index (χ2n) is 18.5. The fraction of sp³-hybridized carbons (Fsp3) is 0.592. The van der Waals surface area contributed by atoms with Gasteiger partial charge in [0.15, 0.2) is 5.82 Å². The summed E-state index contributed by atoms with van der Waals surface area (Å²) in [5.74, 6) is 3.31. The monoisotopic (exact) mass is 905 g/mol. The van der Waals surface area contributed by atoms with Crippen molar-refractivity contribution in [3.63, 3.8) is 0 Å². The minimum atomic E-state index is -0.182. The van der Waals surface area contributed by atoms with E-state index in [2.05, 4.69) is 103 Å². The standard InChI is InChI=1S/C49H67N4.Ir/c1-8-9-10-11-13-21-32-49(33-22-14-12-16-23-36-24-17-15-18-25-36)41-27-20-19-26-39(41)40-30-28-37(34-42(40)49)43-31-29-38(35-50-43)44-51-45(47(2,3)4)53-46(52-44)48(5,6)7;/h19-20,26-27,29-31,34-36H,8-18,21-25,32-33H2,1-7H3;/q-1;. The van der Waals surface area contributed by atoms with Crippen LogP contribution in [0.5, 0.6) is 0 Å². The van der Waals surface area contributed by atoms with E-state index >= 15 is 0 Å². The molecule has 54 heavy (non-hydrogen) atoms. The van der Waals surface area contributed by atoms with Gasteiger partial charge < -0.3 is 4.98 Å². The van der Waals surface area contributed by atoms with Gasteiger partial charge in [-0.3, -0.25) is 0 Å². The van der Waals surface area contributed by atoms with E-state index in [1.807, 2.05) is 6.20 Å². The minimum Gasteiger partial charge on any atom is -0.304 e. The first-order valence-electron chi connectivity index (χ1n) is 21.4. The van der Waals surface area contributed by atoms with Crippen molar-refractivity contribution in [2.45, 2.75) is 180 Å². The Morgan fingerprint density at radius 2 is 1.31 bits per heavy atom. The molecule has 2 heterocycles. The van der Waals surface area contributed by atoms with Crippen LogP contribution in [0.25, 0.3) is 33.8 Å². The van der Waals surface area contributed by atoms with Crippen molar-refractivity contribution < 1.29 is 20.1 Å². The van der Waals surface area contributed by atoms with Crippen molar-refractivity contribution in [1.82, 2.24) is 19.9 Å². The van der Waals surface area contributed by atoms with Crippen LogP contribution >= 0.6 is 0 Å². The van der Waals surface area contributed by atoms with Crippen LogP contribution in [0.1, 0.15) is 187 Å². The molecule has 293 valence electrons. The van der Waals surface area contributed by atoms with Crippen molar-refractivity contribution in [2.24, 2.45) is 5.92 Å². The molecule has 5 heteroatoms. The number of hydrogen-bond donors (Lipinski definition) is 0. The Labute approximate surface area is 342 Å². The van der Waals surface area contributed by atoms with Crippen LogP contribution in [0, 0.1) is 12.0 Å². The molecule has 4 nitrogen and oxygen atoms in total. The average molecular weight is 904 g/mol. The van der Waals surface area contributed by atoms with Gasteiger partial charge in [-0.1, -0.05) is 199 Å². The topological polar surface area (TPSA) is 51.6 Å². The second kappa shape index (κ2) is 18.9. The molecule has 1 radical (unpaired) electrons.